The number of nitrogens with one attached hydrogen (secondary N) is 1. The number of aliphatic carboxylic acids is 1. The van der Waals surface area contributed by atoms with Crippen LogP contribution in [0.4, 0.5) is 0 Å². The highest BCUT2D eigenvalue weighted by Gasteiger charge is 2.32. The zero-order chi connectivity index (χ0) is 16.8. The normalized spacial score (nSPS) is 21.6. The molecule has 126 valence electrons. The van der Waals surface area contributed by atoms with Gasteiger partial charge in [-0.1, -0.05) is 37.3 Å². The smallest absolute Gasteiger partial charge is 0.314 e. The van der Waals surface area contributed by atoms with Crippen LogP contribution in [0.2, 0.25) is 0 Å². The van der Waals surface area contributed by atoms with Gasteiger partial charge in [-0.3, -0.25) is 14.5 Å². The van der Waals surface area contributed by atoms with Gasteiger partial charge in [-0.05, 0) is 24.8 Å². The van der Waals surface area contributed by atoms with Gasteiger partial charge in [0.05, 0.1) is 0 Å². The first kappa shape index (κ1) is 17.6. The number of piperazine rings is 1. The lowest BCUT2D eigenvalue weighted by molar-refractivity contribution is -0.146. The van der Waals surface area contributed by atoms with E-state index in [1.54, 1.807) is 0 Å². The molecule has 5 heteroatoms. The Morgan fingerprint density at radius 1 is 1.35 bits per heavy atom. The second-order valence-electron chi connectivity index (χ2n) is 6.44. The molecule has 0 spiro atoms. The summed E-state index contributed by atoms with van der Waals surface area (Å²) in [6, 6.07) is 10.5. The highest BCUT2D eigenvalue weighted by molar-refractivity contribution is 5.96. The van der Waals surface area contributed by atoms with Crippen molar-refractivity contribution in [3.8, 4) is 0 Å². The molecule has 0 aromatic heterocycles. The van der Waals surface area contributed by atoms with Crippen LogP contribution in [-0.2, 0) is 16.1 Å². The third-order valence-electron chi connectivity index (χ3n) is 4.68. The van der Waals surface area contributed by atoms with E-state index < -0.39 is 11.9 Å². The number of Topliss-reactive ketones (excluding diaryl/α,β-unsaturated/α-hetero) is 1. The van der Waals surface area contributed by atoms with Crippen molar-refractivity contribution >= 4 is 11.8 Å². The lowest BCUT2D eigenvalue weighted by Crippen LogP contribution is -2.54. The van der Waals surface area contributed by atoms with Crippen molar-refractivity contribution in [1.29, 1.82) is 0 Å². The number of ketones is 1. The van der Waals surface area contributed by atoms with Crippen LogP contribution >= 0.6 is 0 Å². The van der Waals surface area contributed by atoms with Crippen molar-refractivity contribution in [2.45, 2.75) is 32.9 Å². The number of rotatable bonds is 7. The second kappa shape index (κ2) is 8.22. The standard InChI is InChI=1S/C18H26N2O3/c1-13(10-16(14(2)21)18(22)23)17-11-19-8-9-20(17)12-15-6-4-3-5-7-15/h3-7,13,16-17,19H,8-12H2,1-2H3,(H,22,23). The van der Waals surface area contributed by atoms with Gasteiger partial charge in [-0.25, -0.2) is 0 Å². The van der Waals surface area contributed by atoms with E-state index in [9.17, 15) is 14.7 Å². The molecule has 1 aromatic carbocycles. The molecule has 1 saturated heterocycles. The molecule has 0 aliphatic carbocycles. The summed E-state index contributed by atoms with van der Waals surface area (Å²) in [6.45, 7) is 6.97. The van der Waals surface area contributed by atoms with Crippen LogP contribution in [-0.4, -0.2) is 47.4 Å². The zero-order valence-corrected chi connectivity index (χ0v) is 13.9. The molecule has 0 radical (unpaired) electrons. The molecule has 1 aliphatic heterocycles. The van der Waals surface area contributed by atoms with E-state index >= 15 is 0 Å². The first-order valence-corrected chi connectivity index (χ1v) is 8.21. The Morgan fingerprint density at radius 3 is 2.65 bits per heavy atom. The minimum atomic E-state index is -1.01. The Kier molecular flexibility index (Phi) is 6.30. The summed E-state index contributed by atoms with van der Waals surface area (Å²) in [5.41, 5.74) is 1.26. The summed E-state index contributed by atoms with van der Waals surface area (Å²) < 4.78 is 0. The van der Waals surface area contributed by atoms with Gasteiger partial charge in [0.2, 0.25) is 0 Å². The molecule has 3 atom stereocenters. The van der Waals surface area contributed by atoms with Crippen LogP contribution in [0.5, 0.6) is 0 Å². The number of hydrogen-bond donors (Lipinski definition) is 2. The van der Waals surface area contributed by atoms with Crippen molar-refractivity contribution in [1.82, 2.24) is 10.2 Å². The van der Waals surface area contributed by atoms with Crippen LogP contribution < -0.4 is 5.32 Å². The van der Waals surface area contributed by atoms with Gasteiger partial charge in [-0.2, -0.15) is 0 Å². The molecule has 2 rings (SSSR count). The van der Waals surface area contributed by atoms with E-state index in [2.05, 4.69) is 29.3 Å². The third kappa shape index (κ3) is 4.88. The highest BCUT2D eigenvalue weighted by atomic mass is 16.4. The summed E-state index contributed by atoms with van der Waals surface area (Å²) in [5, 5.41) is 12.6. The maximum Gasteiger partial charge on any atom is 0.314 e. The quantitative estimate of drug-likeness (QED) is 0.750. The van der Waals surface area contributed by atoms with Gasteiger partial charge >= 0.3 is 5.97 Å². The predicted octanol–water partition coefficient (Wildman–Crippen LogP) is 1.78. The number of hydrogen-bond acceptors (Lipinski definition) is 4. The first-order valence-electron chi connectivity index (χ1n) is 8.21. The Balaban J connectivity index is 2.04. The van der Waals surface area contributed by atoms with E-state index in [1.807, 2.05) is 18.2 Å². The molecule has 1 heterocycles. The summed E-state index contributed by atoms with van der Waals surface area (Å²) >= 11 is 0. The topological polar surface area (TPSA) is 69.6 Å². The minimum absolute atomic E-state index is 0.136. The lowest BCUT2D eigenvalue weighted by Gasteiger charge is -2.40. The molecule has 2 N–H and O–H groups in total. The number of carboxylic acid groups (broad SMARTS) is 1. The molecule has 0 bridgehead atoms. The molecular formula is C18H26N2O3. The van der Waals surface area contributed by atoms with Crippen LogP contribution in [0, 0.1) is 11.8 Å². The van der Waals surface area contributed by atoms with Crippen LogP contribution in [0.15, 0.2) is 30.3 Å². The van der Waals surface area contributed by atoms with Crippen molar-refractivity contribution in [3.63, 3.8) is 0 Å². The predicted molar refractivity (Wildman–Crippen MR) is 89.1 cm³/mol. The maximum absolute atomic E-state index is 11.6. The number of benzene rings is 1. The lowest BCUT2D eigenvalue weighted by atomic mass is 9.86. The van der Waals surface area contributed by atoms with Crippen LogP contribution in [0.3, 0.4) is 0 Å². The summed E-state index contributed by atoms with van der Waals surface area (Å²) in [7, 11) is 0. The summed E-state index contributed by atoms with van der Waals surface area (Å²) in [5.74, 6) is -2.03. The average molecular weight is 318 g/mol. The monoisotopic (exact) mass is 318 g/mol. The molecule has 1 fully saturated rings. The number of carbonyl (C=O) groups is 2. The van der Waals surface area contributed by atoms with Crippen molar-refractivity contribution < 1.29 is 14.7 Å². The Hall–Kier alpha value is -1.72. The number of nitrogens with zero attached hydrogens (tertiary/aromatic N) is 1. The minimum Gasteiger partial charge on any atom is -0.481 e. The average Bonchev–Trinajstić information content (AvgIpc) is 2.53. The number of carboxylic acids is 1. The molecule has 1 aromatic rings. The molecule has 5 nitrogen and oxygen atoms in total. The maximum atomic E-state index is 11.6. The van der Waals surface area contributed by atoms with E-state index in [1.165, 1.54) is 12.5 Å². The van der Waals surface area contributed by atoms with Crippen LogP contribution in [0.25, 0.3) is 0 Å². The van der Waals surface area contributed by atoms with E-state index in [4.69, 9.17) is 0 Å². The molecule has 0 saturated carbocycles. The van der Waals surface area contributed by atoms with E-state index in [0.29, 0.717) is 6.42 Å². The molecule has 0 amide bonds. The van der Waals surface area contributed by atoms with Gasteiger partial charge in [0, 0.05) is 32.2 Å². The van der Waals surface area contributed by atoms with Crippen molar-refractivity contribution in [2.75, 3.05) is 19.6 Å². The zero-order valence-electron chi connectivity index (χ0n) is 13.9. The molecular weight excluding hydrogens is 292 g/mol. The Labute approximate surface area is 137 Å². The van der Waals surface area contributed by atoms with E-state index in [-0.39, 0.29) is 17.7 Å². The Morgan fingerprint density at radius 2 is 2.04 bits per heavy atom. The fourth-order valence-electron chi connectivity index (χ4n) is 3.31. The van der Waals surface area contributed by atoms with Crippen molar-refractivity contribution in [3.05, 3.63) is 35.9 Å². The van der Waals surface area contributed by atoms with Gasteiger partial charge in [-0.15, -0.1) is 0 Å². The first-order chi connectivity index (χ1) is 11.0. The van der Waals surface area contributed by atoms with E-state index in [0.717, 1.165) is 26.2 Å². The fourth-order valence-corrected chi connectivity index (χ4v) is 3.31. The van der Waals surface area contributed by atoms with Gasteiger partial charge in [0.1, 0.15) is 11.7 Å². The SMILES string of the molecule is CC(=O)C(CC(C)C1CNCCN1Cc1ccccc1)C(=O)O. The second-order valence-corrected chi connectivity index (χ2v) is 6.44. The summed E-state index contributed by atoms with van der Waals surface area (Å²) in [6.07, 6.45) is 0.391. The van der Waals surface area contributed by atoms with Crippen molar-refractivity contribution in [2.24, 2.45) is 11.8 Å². The number of carbonyl (C=O) groups excluding carboxylic acids is 1. The van der Waals surface area contributed by atoms with Crippen LogP contribution in [0.1, 0.15) is 25.8 Å². The molecule has 23 heavy (non-hydrogen) atoms. The van der Waals surface area contributed by atoms with Gasteiger partial charge in [0.15, 0.2) is 0 Å². The highest BCUT2D eigenvalue weighted by Crippen LogP contribution is 2.23. The Bertz CT molecular complexity index is 518. The largest absolute Gasteiger partial charge is 0.481 e. The third-order valence-corrected chi connectivity index (χ3v) is 4.68. The fraction of sp³-hybridized carbons (Fsp3) is 0.556. The molecule has 3 unspecified atom stereocenters. The molecule has 1 aliphatic rings. The summed E-state index contributed by atoms with van der Waals surface area (Å²) in [4.78, 5) is 25.2. The van der Waals surface area contributed by atoms with Gasteiger partial charge in [0.25, 0.3) is 0 Å². The van der Waals surface area contributed by atoms with Gasteiger partial charge < -0.3 is 10.4 Å².